The molecular formula is C36H24N3OPt-. The van der Waals surface area contributed by atoms with Crippen molar-refractivity contribution < 1.29 is 26.2 Å². The standard InChI is InChI=1S/C36H24N3O.Pt/c1-21-8-5-9-22(2)34(21)24-18-30(38-31(19-24)29-10-3-4-14-33(29)40)23-15-16-25-26-11-6-12-27-28-13-7-17-37-36(28)39(35(26)27)32(25)20-23;/h3-19,40H,1-2H3;/q-1;. The van der Waals surface area contributed by atoms with Gasteiger partial charge in [-0.2, -0.15) is 0 Å². The summed E-state index contributed by atoms with van der Waals surface area (Å²) >= 11 is 0. The summed E-state index contributed by atoms with van der Waals surface area (Å²) < 4.78 is 2.23. The smallest absolute Gasteiger partial charge is 0.144 e. The molecule has 0 aliphatic heterocycles. The van der Waals surface area contributed by atoms with Crippen molar-refractivity contribution in [2.75, 3.05) is 0 Å². The van der Waals surface area contributed by atoms with Crippen LogP contribution in [0.5, 0.6) is 5.75 Å². The molecule has 200 valence electrons. The molecule has 4 aromatic carbocycles. The van der Waals surface area contributed by atoms with Crippen LogP contribution in [0.4, 0.5) is 0 Å². The van der Waals surface area contributed by atoms with Crippen LogP contribution in [-0.4, -0.2) is 19.5 Å². The molecule has 0 radical (unpaired) electrons. The minimum atomic E-state index is 0. The fraction of sp³-hybridized carbons (Fsp3) is 0.0556. The van der Waals surface area contributed by atoms with E-state index in [1.807, 2.05) is 30.5 Å². The Kier molecular flexibility index (Phi) is 5.92. The summed E-state index contributed by atoms with van der Waals surface area (Å²) in [5, 5.41) is 15.4. The van der Waals surface area contributed by atoms with Crippen LogP contribution in [0.3, 0.4) is 0 Å². The van der Waals surface area contributed by atoms with E-state index in [2.05, 4.69) is 91.0 Å². The second-order valence-corrected chi connectivity index (χ2v) is 10.5. The largest absolute Gasteiger partial charge is 0.507 e. The van der Waals surface area contributed by atoms with Crippen molar-refractivity contribution in [3.63, 3.8) is 0 Å². The predicted octanol–water partition coefficient (Wildman–Crippen LogP) is 8.75. The van der Waals surface area contributed by atoms with E-state index < -0.39 is 0 Å². The zero-order valence-corrected chi connectivity index (χ0v) is 24.7. The Morgan fingerprint density at radius 2 is 1.41 bits per heavy atom. The van der Waals surface area contributed by atoms with Crippen LogP contribution < -0.4 is 0 Å². The number of para-hydroxylation sites is 2. The maximum absolute atomic E-state index is 10.7. The van der Waals surface area contributed by atoms with E-state index in [4.69, 9.17) is 9.97 Å². The average molecular weight is 710 g/mol. The number of benzene rings is 4. The number of nitrogens with zero attached hydrogens (tertiary/aromatic N) is 3. The summed E-state index contributed by atoms with van der Waals surface area (Å²) in [6.07, 6.45) is 1.85. The quantitative estimate of drug-likeness (QED) is 0.187. The van der Waals surface area contributed by atoms with Gasteiger partial charge in [0.1, 0.15) is 11.4 Å². The van der Waals surface area contributed by atoms with E-state index in [0.29, 0.717) is 5.56 Å². The molecule has 0 fully saturated rings. The first-order valence-electron chi connectivity index (χ1n) is 13.4. The molecule has 0 bridgehead atoms. The van der Waals surface area contributed by atoms with E-state index in [1.54, 1.807) is 6.07 Å². The van der Waals surface area contributed by atoms with Crippen LogP contribution in [0.15, 0.2) is 103 Å². The normalized spacial score (nSPS) is 11.6. The van der Waals surface area contributed by atoms with Gasteiger partial charge in [-0.25, -0.2) is 4.98 Å². The monoisotopic (exact) mass is 709 g/mol. The zero-order chi connectivity index (χ0) is 27.0. The number of phenols is 1. The summed E-state index contributed by atoms with van der Waals surface area (Å²) in [5.74, 6) is 0.209. The third kappa shape index (κ3) is 3.78. The Morgan fingerprint density at radius 3 is 2.22 bits per heavy atom. The molecule has 5 heteroatoms. The molecule has 0 saturated carbocycles. The molecular weight excluding hydrogens is 685 g/mol. The predicted molar refractivity (Wildman–Crippen MR) is 163 cm³/mol. The van der Waals surface area contributed by atoms with Crippen molar-refractivity contribution in [2.45, 2.75) is 13.8 Å². The molecule has 0 saturated heterocycles. The summed E-state index contributed by atoms with van der Waals surface area (Å²) in [4.78, 5) is 9.84. The maximum Gasteiger partial charge on any atom is 0.144 e. The Balaban J connectivity index is 0.00000276. The van der Waals surface area contributed by atoms with E-state index >= 15 is 0 Å². The van der Waals surface area contributed by atoms with Crippen molar-refractivity contribution in [2.24, 2.45) is 0 Å². The summed E-state index contributed by atoms with van der Waals surface area (Å²) in [5.41, 5.74) is 10.8. The molecule has 8 rings (SSSR count). The van der Waals surface area contributed by atoms with Crippen molar-refractivity contribution in [3.8, 4) is 39.4 Å². The minimum absolute atomic E-state index is 0. The average Bonchev–Trinajstić information content (AvgIpc) is 3.49. The van der Waals surface area contributed by atoms with Crippen molar-refractivity contribution >= 4 is 38.2 Å². The Hall–Kier alpha value is -4.53. The van der Waals surface area contributed by atoms with E-state index in [0.717, 1.165) is 44.5 Å². The maximum atomic E-state index is 10.7. The number of phenolic OH excluding ortho intramolecular Hbond substituents is 1. The second-order valence-electron chi connectivity index (χ2n) is 10.5. The molecule has 4 heterocycles. The van der Waals surface area contributed by atoms with Gasteiger partial charge in [-0.1, -0.05) is 60.0 Å². The first-order chi connectivity index (χ1) is 19.6. The molecule has 1 N–H and O–H groups in total. The molecule has 4 nitrogen and oxygen atoms in total. The van der Waals surface area contributed by atoms with Gasteiger partial charge in [-0.15, -0.1) is 23.8 Å². The molecule has 0 aliphatic carbocycles. The van der Waals surface area contributed by atoms with Gasteiger partial charge in [0.25, 0.3) is 0 Å². The molecule has 8 aromatic rings. The fourth-order valence-electron chi connectivity index (χ4n) is 6.26. The molecule has 0 aliphatic rings. The van der Waals surface area contributed by atoms with Gasteiger partial charge in [-0.3, -0.25) is 4.98 Å². The van der Waals surface area contributed by atoms with Gasteiger partial charge in [0, 0.05) is 43.6 Å². The SMILES string of the molecule is Cc1cccc(C)c1-c1cc(-c2[c-]c3c(cc2)c2cccc4c5cccnc5n3c24)nc(-c2ccccc2O)c1.[Pt]. The van der Waals surface area contributed by atoms with E-state index in [9.17, 15) is 5.11 Å². The van der Waals surface area contributed by atoms with Crippen molar-refractivity contribution in [1.29, 1.82) is 0 Å². The zero-order valence-electron chi connectivity index (χ0n) is 22.4. The van der Waals surface area contributed by atoms with Crippen LogP contribution in [0.2, 0.25) is 0 Å². The van der Waals surface area contributed by atoms with Gasteiger partial charge in [0.05, 0.1) is 11.2 Å². The number of fused-ring (bicyclic) bond motifs is 6. The summed E-state index contributed by atoms with van der Waals surface area (Å²) in [6, 6.07) is 36.5. The number of aryl methyl sites for hydroxylation is 2. The van der Waals surface area contributed by atoms with E-state index in [-0.39, 0.29) is 26.8 Å². The topological polar surface area (TPSA) is 50.4 Å². The van der Waals surface area contributed by atoms with Gasteiger partial charge >= 0.3 is 0 Å². The number of hydrogen-bond acceptors (Lipinski definition) is 3. The Labute approximate surface area is 251 Å². The number of aromatic hydroxyl groups is 1. The second kappa shape index (κ2) is 9.54. The van der Waals surface area contributed by atoms with Crippen molar-refractivity contribution in [1.82, 2.24) is 14.4 Å². The molecule has 0 amide bonds. The third-order valence-corrected chi connectivity index (χ3v) is 8.04. The first-order valence-corrected chi connectivity index (χ1v) is 13.4. The van der Waals surface area contributed by atoms with Gasteiger partial charge in [0.15, 0.2) is 0 Å². The fourth-order valence-corrected chi connectivity index (χ4v) is 6.26. The number of rotatable bonds is 3. The van der Waals surface area contributed by atoms with Crippen LogP contribution in [0, 0.1) is 19.9 Å². The molecule has 0 atom stereocenters. The summed E-state index contributed by atoms with van der Waals surface area (Å²) in [7, 11) is 0. The van der Waals surface area contributed by atoms with Crippen LogP contribution in [-0.2, 0) is 21.1 Å². The summed E-state index contributed by atoms with van der Waals surface area (Å²) in [6.45, 7) is 4.27. The number of hydrogen-bond donors (Lipinski definition) is 1. The molecule has 0 unspecified atom stereocenters. The van der Waals surface area contributed by atoms with E-state index in [1.165, 1.54) is 33.0 Å². The Bertz CT molecular complexity index is 2250. The van der Waals surface area contributed by atoms with Gasteiger partial charge in [0.2, 0.25) is 0 Å². The minimum Gasteiger partial charge on any atom is -0.507 e. The number of pyridine rings is 2. The Morgan fingerprint density at radius 1 is 0.707 bits per heavy atom. The first kappa shape index (κ1) is 25.4. The van der Waals surface area contributed by atoms with Crippen LogP contribution in [0.1, 0.15) is 11.1 Å². The van der Waals surface area contributed by atoms with Gasteiger partial charge in [-0.05, 0) is 83.0 Å². The molecule has 41 heavy (non-hydrogen) atoms. The molecule has 0 spiro atoms. The van der Waals surface area contributed by atoms with Gasteiger partial charge < -0.3 is 9.51 Å². The van der Waals surface area contributed by atoms with Crippen LogP contribution in [0.25, 0.3) is 71.9 Å². The molecule has 4 aromatic heterocycles. The van der Waals surface area contributed by atoms with Crippen LogP contribution >= 0.6 is 0 Å². The number of aromatic nitrogens is 3. The third-order valence-electron chi connectivity index (χ3n) is 8.04. The van der Waals surface area contributed by atoms with Crippen molar-refractivity contribution in [3.05, 3.63) is 120 Å².